The molecule has 0 saturated carbocycles. The van der Waals surface area contributed by atoms with E-state index in [-0.39, 0.29) is 0 Å². The van der Waals surface area contributed by atoms with Crippen molar-refractivity contribution in [2.45, 2.75) is 13.0 Å². The van der Waals surface area contributed by atoms with Crippen molar-refractivity contribution in [2.24, 2.45) is 0 Å². The van der Waals surface area contributed by atoms with E-state index in [1.54, 1.807) is 22.7 Å². The van der Waals surface area contributed by atoms with E-state index in [1.807, 2.05) is 19.1 Å². The lowest BCUT2D eigenvalue weighted by Gasteiger charge is -2.04. The molecule has 1 N–H and O–H groups in total. The molecular formula is C10H7Br3OS2. The number of aryl methyl sites for hydroxylation is 1. The molecule has 2 aromatic heterocycles. The molecule has 1 nitrogen and oxygen atoms in total. The number of aliphatic hydroxyl groups is 1. The van der Waals surface area contributed by atoms with Crippen LogP contribution in [-0.4, -0.2) is 5.11 Å². The highest BCUT2D eigenvalue weighted by Crippen LogP contribution is 2.40. The molecule has 0 aromatic carbocycles. The summed E-state index contributed by atoms with van der Waals surface area (Å²) in [7, 11) is 0. The van der Waals surface area contributed by atoms with Gasteiger partial charge in [-0.15, -0.1) is 22.7 Å². The Morgan fingerprint density at radius 1 is 1.06 bits per heavy atom. The zero-order valence-electron chi connectivity index (χ0n) is 8.13. The van der Waals surface area contributed by atoms with E-state index >= 15 is 0 Å². The van der Waals surface area contributed by atoms with Crippen molar-refractivity contribution in [1.29, 1.82) is 0 Å². The Labute approximate surface area is 127 Å². The summed E-state index contributed by atoms with van der Waals surface area (Å²) >= 11 is 13.5. The maximum absolute atomic E-state index is 10.2. The van der Waals surface area contributed by atoms with Crippen molar-refractivity contribution < 1.29 is 5.11 Å². The third kappa shape index (κ3) is 2.62. The minimum atomic E-state index is -0.539. The minimum absolute atomic E-state index is 0.539. The Morgan fingerprint density at radius 2 is 1.62 bits per heavy atom. The van der Waals surface area contributed by atoms with Crippen LogP contribution in [0.25, 0.3) is 0 Å². The smallest absolute Gasteiger partial charge is 0.122 e. The maximum atomic E-state index is 10.2. The van der Waals surface area contributed by atoms with Gasteiger partial charge in [-0.2, -0.15) is 0 Å². The van der Waals surface area contributed by atoms with Gasteiger partial charge in [0.25, 0.3) is 0 Å². The number of halogens is 3. The number of rotatable bonds is 2. The fourth-order valence-corrected chi connectivity index (χ4v) is 4.99. The van der Waals surface area contributed by atoms with E-state index in [4.69, 9.17) is 0 Å². The van der Waals surface area contributed by atoms with Crippen LogP contribution in [0.3, 0.4) is 0 Å². The summed E-state index contributed by atoms with van der Waals surface area (Å²) in [6, 6.07) is 3.93. The zero-order chi connectivity index (χ0) is 11.9. The first-order chi connectivity index (χ1) is 7.49. The average molecular weight is 447 g/mol. The largest absolute Gasteiger partial charge is 0.382 e. The predicted octanol–water partition coefficient (Wildman–Crippen LogP) is 5.49. The van der Waals surface area contributed by atoms with Crippen molar-refractivity contribution in [3.8, 4) is 0 Å². The van der Waals surface area contributed by atoms with Crippen LogP contribution in [0.15, 0.2) is 24.9 Å². The summed E-state index contributed by atoms with van der Waals surface area (Å²) in [5.41, 5.74) is 0. The first-order valence-corrected chi connectivity index (χ1v) is 8.39. The van der Waals surface area contributed by atoms with Crippen LogP contribution in [0.5, 0.6) is 0 Å². The van der Waals surface area contributed by atoms with Gasteiger partial charge < -0.3 is 5.11 Å². The summed E-state index contributed by atoms with van der Waals surface area (Å²) < 4.78 is 3.05. The molecule has 0 aliphatic heterocycles. The van der Waals surface area contributed by atoms with E-state index in [0.717, 1.165) is 22.5 Å². The Morgan fingerprint density at radius 3 is 2.06 bits per heavy atom. The van der Waals surface area contributed by atoms with Gasteiger partial charge in [0.2, 0.25) is 0 Å². The molecule has 0 aliphatic rings. The molecule has 0 spiro atoms. The van der Waals surface area contributed by atoms with Gasteiger partial charge in [-0.05, 0) is 66.8 Å². The Kier molecular flexibility index (Phi) is 4.30. The second-order valence-corrected chi connectivity index (χ2v) is 8.62. The van der Waals surface area contributed by atoms with Crippen molar-refractivity contribution in [1.82, 2.24) is 0 Å². The first kappa shape index (κ1) is 13.2. The Hall–Kier alpha value is 0.800. The molecule has 2 rings (SSSR count). The van der Waals surface area contributed by atoms with Crippen molar-refractivity contribution in [2.75, 3.05) is 0 Å². The number of hydrogen-bond acceptors (Lipinski definition) is 3. The highest BCUT2D eigenvalue weighted by atomic mass is 79.9. The highest BCUT2D eigenvalue weighted by molar-refractivity contribution is 9.13. The Bertz CT molecular complexity index is 433. The van der Waals surface area contributed by atoms with Crippen molar-refractivity contribution in [3.63, 3.8) is 0 Å². The molecule has 2 heterocycles. The van der Waals surface area contributed by atoms with E-state index in [9.17, 15) is 5.11 Å². The van der Waals surface area contributed by atoms with Crippen LogP contribution in [0, 0.1) is 6.92 Å². The van der Waals surface area contributed by atoms with Gasteiger partial charge in [0.1, 0.15) is 6.10 Å². The quantitative estimate of drug-likeness (QED) is 0.647. The standard InChI is InChI=1S/C10H7Br3OS2/c1-4-5(11)2-7(15-4)9(14)8-3-6(12)10(13)16-8/h2-3,9,14H,1H3. The summed E-state index contributed by atoms with van der Waals surface area (Å²) in [5.74, 6) is 0. The lowest BCUT2D eigenvalue weighted by Crippen LogP contribution is -1.92. The Balaban J connectivity index is 2.34. The monoisotopic (exact) mass is 444 g/mol. The molecule has 0 radical (unpaired) electrons. The molecule has 0 aliphatic carbocycles. The van der Waals surface area contributed by atoms with E-state index < -0.39 is 6.10 Å². The fourth-order valence-electron chi connectivity index (χ4n) is 1.25. The molecule has 86 valence electrons. The number of hydrogen-bond donors (Lipinski definition) is 1. The normalized spacial score (nSPS) is 13.1. The third-order valence-corrected chi connectivity index (χ3v) is 7.58. The van der Waals surface area contributed by atoms with Crippen LogP contribution in [-0.2, 0) is 0 Å². The molecule has 1 unspecified atom stereocenters. The summed E-state index contributed by atoms with van der Waals surface area (Å²) in [6.45, 7) is 2.03. The molecule has 2 aromatic rings. The van der Waals surface area contributed by atoms with Crippen molar-refractivity contribution >= 4 is 70.5 Å². The van der Waals surface area contributed by atoms with Gasteiger partial charge in [-0.1, -0.05) is 0 Å². The SMILES string of the molecule is Cc1sc(C(O)c2cc(Br)c(Br)s2)cc1Br. The molecule has 0 saturated heterocycles. The van der Waals surface area contributed by atoms with Gasteiger partial charge >= 0.3 is 0 Å². The second kappa shape index (κ2) is 5.20. The molecule has 1 atom stereocenters. The topological polar surface area (TPSA) is 20.2 Å². The van der Waals surface area contributed by atoms with Gasteiger partial charge in [0.15, 0.2) is 0 Å². The third-order valence-electron chi connectivity index (χ3n) is 2.08. The lowest BCUT2D eigenvalue weighted by atomic mass is 10.2. The average Bonchev–Trinajstić information content (AvgIpc) is 2.72. The van der Waals surface area contributed by atoms with Crippen LogP contribution < -0.4 is 0 Å². The summed E-state index contributed by atoms with van der Waals surface area (Å²) in [4.78, 5) is 3.09. The van der Waals surface area contributed by atoms with Gasteiger partial charge in [0, 0.05) is 23.6 Å². The van der Waals surface area contributed by atoms with Crippen LogP contribution >= 0.6 is 70.5 Å². The second-order valence-electron chi connectivity index (χ2n) is 3.23. The first-order valence-electron chi connectivity index (χ1n) is 4.37. The predicted molar refractivity (Wildman–Crippen MR) is 80.5 cm³/mol. The van der Waals surface area contributed by atoms with E-state index in [0.29, 0.717) is 0 Å². The fraction of sp³-hybridized carbons (Fsp3) is 0.200. The molecule has 0 bridgehead atoms. The maximum Gasteiger partial charge on any atom is 0.122 e. The van der Waals surface area contributed by atoms with Crippen LogP contribution in [0.4, 0.5) is 0 Å². The molecule has 0 amide bonds. The number of aliphatic hydroxyl groups excluding tert-OH is 1. The van der Waals surface area contributed by atoms with Gasteiger partial charge in [-0.25, -0.2) is 0 Å². The zero-order valence-corrected chi connectivity index (χ0v) is 14.5. The number of thiophene rings is 2. The molecular weight excluding hydrogens is 440 g/mol. The molecule has 0 fully saturated rings. The van der Waals surface area contributed by atoms with Crippen LogP contribution in [0.2, 0.25) is 0 Å². The van der Waals surface area contributed by atoms with Crippen LogP contribution in [0.1, 0.15) is 20.7 Å². The summed E-state index contributed by atoms with van der Waals surface area (Å²) in [6.07, 6.45) is -0.539. The highest BCUT2D eigenvalue weighted by Gasteiger charge is 2.17. The van der Waals surface area contributed by atoms with Gasteiger partial charge in [0.05, 0.1) is 3.79 Å². The molecule has 6 heteroatoms. The van der Waals surface area contributed by atoms with Gasteiger partial charge in [-0.3, -0.25) is 0 Å². The molecule has 16 heavy (non-hydrogen) atoms. The van der Waals surface area contributed by atoms with Crippen molar-refractivity contribution in [3.05, 3.63) is 39.5 Å². The van der Waals surface area contributed by atoms with E-state index in [2.05, 4.69) is 47.8 Å². The minimum Gasteiger partial charge on any atom is -0.382 e. The summed E-state index contributed by atoms with van der Waals surface area (Å²) in [5, 5.41) is 10.2. The lowest BCUT2D eigenvalue weighted by molar-refractivity contribution is 0.228. The van der Waals surface area contributed by atoms with E-state index in [1.165, 1.54) is 4.88 Å².